The molecule has 0 aliphatic heterocycles. The molecule has 2 heterocycles. The van der Waals surface area contributed by atoms with E-state index in [2.05, 4.69) is 20.8 Å². The van der Waals surface area contributed by atoms with Gasteiger partial charge in [-0.1, -0.05) is 46.9 Å². The maximum absolute atomic E-state index is 13.4. The molecule has 0 spiro atoms. The lowest BCUT2D eigenvalue weighted by Gasteiger charge is -2.12. The highest BCUT2D eigenvalue weighted by molar-refractivity contribution is 7.80. The van der Waals surface area contributed by atoms with Crippen LogP contribution in [0.1, 0.15) is 33.9 Å². The summed E-state index contributed by atoms with van der Waals surface area (Å²) in [5, 5.41) is 17.7. The molecule has 0 aliphatic rings. The first-order chi connectivity index (χ1) is 17.0. The third kappa shape index (κ3) is 5.67. The number of nitrogens with one attached hydrogen (secondary N) is 2. The van der Waals surface area contributed by atoms with E-state index in [9.17, 15) is 4.39 Å². The molecule has 0 amide bonds. The van der Waals surface area contributed by atoms with Gasteiger partial charge in [0.2, 0.25) is 0 Å². The zero-order valence-electron chi connectivity index (χ0n) is 20.1. The van der Waals surface area contributed by atoms with Gasteiger partial charge in [-0.2, -0.15) is 10.2 Å². The van der Waals surface area contributed by atoms with Crippen molar-refractivity contribution in [3.05, 3.63) is 91.2 Å². The zero-order valence-corrected chi connectivity index (χ0v) is 23.2. The van der Waals surface area contributed by atoms with E-state index >= 15 is 0 Å². The van der Waals surface area contributed by atoms with Crippen molar-refractivity contribution in [3.63, 3.8) is 0 Å². The van der Waals surface area contributed by atoms with E-state index in [-0.39, 0.29) is 5.82 Å². The molecule has 0 atom stereocenters. The van der Waals surface area contributed by atoms with E-state index in [1.165, 1.54) is 12.1 Å². The van der Waals surface area contributed by atoms with Crippen LogP contribution in [-0.2, 0) is 13.1 Å². The molecule has 36 heavy (non-hydrogen) atoms. The molecule has 0 radical (unpaired) electrons. The summed E-state index contributed by atoms with van der Waals surface area (Å²) in [6.07, 6.45) is 0. The summed E-state index contributed by atoms with van der Waals surface area (Å²) in [6.45, 7) is 8.62. The molecule has 0 saturated carbocycles. The summed E-state index contributed by atoms with van der Waals surface area (Å²) in [7, 11) is 0. The number of rotatable bonds is 6. The fraction of sp³-hybridized carbons (Fsp3) is 0.240. The molecule has 0 saturated heterocycles. The second kappa shape index (κ2) is 10.8. The van der Waals surface area contributed by atoms with Crippen LogP contribution < -0.4 is 10.6 Å². The van der Waals surface area contributed by atoms with Gasteiger partial charge in [0.1, 0.15) is 5.82 Å². The molecular formula is C25H24Cl3FN6S. The van der Waals surface area contributed by atoms with Gasteiger partial charge in [0, 0.05) is 15.1 Å². The van der Waals surface area contributed by atoms with Crippen molar-refractivity contribution in [2.45, 2.75) is 40.8 Å². The van der Waals surface area contributed by atoms with Crippen molar-refractivity contribution in [1.82, 2.24) is 19.6 Å². The fourth-order valence-electron chi connectivity index (χ4n) is 3.94. The number of aromatic nitrogens is 4. The van der Waals surface area contributed by atoms with E-state index in [1.807, 2.05) is 49.2 Å². The number of hydrogen-bond donors (Lipinski definition) is 2. The minimum atomic E-state index is -0.374. The lowest BCUT2D eigenvalue weighted by Crippen LogP contribution is -2.21. The Bertz CT molecular complexity index is 1350. The molecule has 2 aromatic heterocycles. The Morgan fingerprint density at radius 3 is 1.75 bits per heavy atom. The molecule has 4 aromatic rings. The van der Waals surface area contributed by atoms with Crippen molar-refractivity contribution < 1.29 is 4.39 Å². The molecule has 0 bridgehead atoms. The second-order valence-corrected chi connectivity index (χ2v) is 10.1. The Balaban J connectivity index is 1.49. The fourth-order valence-corrected chi connectivity index (χ4v) is 4.84. The van der Waals surface area contributed by atoms with E-state index in [0.29, 0.717) is 33.3 Å². The van der Waals surface area contributed by atoms with Gasteiger partial charge >= 0.3 is 0 Å². The van der Waals surface area contributed by atoms with Crippen LogP contribution >= 0.6 is 47.0 Å². The van der Waals surface area contributed by atoms with Crippen LogP contribution in [0.2, 0.25) is 15.1 Å². The topological polar surface area (TPSA) is 59.7 Å². The van der Waals surface area contributed by atoms with Crippen molar-refractivity contribution in [3.8, 4) is 0 Å². The molecule has 4 rings (SSSR count). The molecular weight excluding hydrogens is 542 g/mol. The van der Waals surface area contributed by atoms with Crippen LogP contribution in [0, 0.1) is 33.5 Å². The molecule has 6 nitrogen and oxygen atoms in total. The Morgan fingerprint density at radius 2 is 1.28 bits per heavy atom. The van der Waals surface area contributed by atoms with E-state index < -0.39 is 0 Å². The number of anilines is 2. The highest BCUT2D eigenvalue weighted by Crippen LogP contribution is 2.27. The average Bonchev–Trinajstić information content (AvgIpc) is 3.21. The van der Waals surface area contributed by atoms with Crippen LogP contribution in [0.15, 0.2) is 36.4 Å². The Labute approximate surface area is 229 Å². The van der Waals surface area contributed by atoms with Gasteiger partial charge in [0.05, 0.1) is 47.2 Å². The number of halogens is 4. The second-order valence-electron chi connectivity index (χ2n) is 8.46. The third-order valence-electron chi connectivity index (χ3n) is 5.91. The summed E-state index contributed by atoms with van der Waals surface area (Å²) in [5.41, 5.74) is 6.67. The highest BCUT2D eigenvalue weighted by Gasteiger charge is 2.17. The quantitative estimate of drug-likeness (QED) is 0.240. The van der Waals surface area contributed by atoms with Crippen molar-refractivity contribution >= 4 is 63.5 Å². The monoisotopic (exact) mass is 564 g/mol. The van der Waals surface area contributed by atoms with Gasteiger partial charge < -0.3 is 10.6 Å². The molecule has 188 valence electrons. The van der Waals surface area contributed by atoms with E-state index in [0.717, 1.165) is 45.3 Å². The van der Waals surface area contributed by atoms with Crippen molar-refractivity contribution in [2.24, 2.45) is 0 Å². The van der Waals surface area contributed by atoms with Crippen LogP contribution in [0.5, 0.6) is 0 Å². The number of thiocarbonyl (C=S) groups is 1. The smallest absolute Gasteiger partial charge is 0.175 e. The summed E-state index contributed by atoms with van der Waals surface area (Å²) in [4.78, 5) is 0. The lowest BCUT2D eigenvalue weighted by atomic mass is 10.2. The molecule has 2 N–H and O–H groups in total. The number of nitrogens with zero attached hydrogens (tertiary/aromatic N) is 4. The van der Waals surface area contributed by atoms with Gasteiger partial charge in [0.15, 0.2) is 5.11 Å². The molecule has 0 fully saturated rings. The predicted octanol–water partition coefficient (Wildman–Crippen LogP) is 7.32. The van der Waals surface area contributed by atoms with Crippen molar-refractivity contribution in [2.75, 3.05) is 10.6 Å². The summed E-state index contributed by atoms with van der Waals surface area (Å²) >= 11 is 24.2. The average molecular weight is 566 g/mol. The molecule has 0 aliphatic carbocycles. The summed E-state index contributed by atoms with van der Waals surface area (Å²) in [5.74, 6) is -0.374. The zero-order chi connectivity index (χ0) is 26.1. The summed E-state index contributed by atoms with van der Waals surface area (Å²) in [6, 6.07) is 9.76. The minimum absolute atomic E-state index is 0.358. The molecule has 0 unspecified atom stereocenters. The van der Waals surface area contributed by atoms with Crippen LogP contribution in [-0.4, -0.2) is 24.7 Å². The maximum Gasteiger partial charge on any atom is 0.175 e. The van der Waals surface area contributed by atoms with E-state index in [4.69, 9.17) is 47.0 Å². The predicted molar refractivity (Wildman–Crippen MR) is 149 cm³/mol. The first kappa shape index (κ1) is 26.4. The third-order valence-corrected chi connectivity index (χ3v) is 7.05. The largest absolute Gasteiger partial charge is 0.329 e. The standard InChI is InChI=1S/C25H24Cl3FN6S/c1-13-23(15(3)34(32-13)11-17-5-7-19(26)9-21(17)27)30-25(36)31-24-14(2)33-35(16(24)4)12-18-6-8-20(29)10-22(18)28/h5-10H,11-12H2,1-4H3,(H2,30,31,36). The van der Waals surface area contributed by atoms with Crippen LogP contribution in [0.4, 0.5) is 15.8 Å². The van der Waals surface area contributed by atoms with Crippen LogP contribution in [0.25, 0.3) is 0 Å². The SMILES string of the molecule is Cc1nn(Cc2ccc(F)cc2Cl)c(C)c1NC(=S)Nc1c(C)nn(Cc2ccc(Cl)cc2Cl)c1C. The number of aryl methyl sites for hydroxylation is 2. The minimum Gasteiger partial charge on any atom is -0.329 e. The first-order valence-electron chi connectivity index (χ1n) is 11.1. The molecule has 11 heteroatoms. The Morgan fingerprint density at radius 1 is 0.806 bits per heavy atom. The Kier molecular flexibility index (Phi) is 7.90. The lowest BCUT2D eigenvalue weighted by molar-refractivity contribution is 0.622. The van der Waals surface area contributed by atoms with Gasteiger partial charge in [-0.05, 0) is 75.3 Å². The number of hydrogen-bond acceptors (Lipinski definition) is 3. The summed E-state index contributed by atoms with van der Waals surface area (Å²) < 4.78 is 17.1. The normalized spacial score (nSPS) is 11.1. The van der Waals surface area contributed by atoms with Gasteiger partial charge in [-0.3, -0.25) is 9.36 Å². The number of benzene rings is 2. The van der Waals surface area contributed by atoms with Gasteiger partial charge in [-0.25, -0.2) is 4.39 Å². The Hall–Kier alpha value is -2.65. The van der Waals surface area contributed by atoms with Crippen LogP contribution in [0.3, 0.4) is 0 Å². The van der Waals surface area contributed by atoms with Gasteiger partial charge in [-0.15, -0.1) is 0 Å². The first-order valence-corrected chi connectivity index (χ1v) is 12.6. The maximum atomic E-state index is 13.4. The van der Waals surface area contributed by atoms with Crippen molar-refractivity contribution in [1.29, 1.82) is 0 Å². The van der Waals surface area contributed by atoms with Gasteiger partial charge in [0.25, 0.3) is 0 Å². The van der Waals surface area contributed by atoms with E-state index in [1.54, 1.807) is 12.1 Å². The highest BCUT2D eigenvalue weighted by atomic mass is 35.5. The molecule has 2 aromatic carbocycles.